The summed E-state index contributed by atoms with van der Waals surface area (Å²) in [5, 5.41) is 0. The summed E-state index contributed by atoms with van der Waals surface area (Å²) >= 11 is 0. The second kappa shape index (κ2) is 47.5. The van der Waals surface area contributed by atoms with Crippen LogP contribution in [0.1, 0.15) is 258 Å². The van der Waals surface area contributed by atoms with E-state index in [9.17, 15) is 14.3 Å². The first kappa shape index (κ1) is 62.0. The fourth-order valence-corrected chi connectivity index (χ4v) is 8.54. The molecular weight excluding hydrogens is 806 g/mol. The van der Waals surface area contributed by atoms with Crippen molar-refractivity contribution in [1.29, 1.82) is 0 Å². The van der Waals surface area contributed by atoms with Crippen LogP contribution in [0.5, 0.6) is 0 Å². The minimum atomic E-state index is -4.53. The number of carbonyl (C=O) groups is 1. The zero-order valence-corrected chi connectivity index (χ0v) is 43.4. The SMILES string of the molecule is CCCCCCC/C=C\C/C=C\CCCCCCCCCCCCOCC(COP(=O)([O-])OCC[N+](C)(C)C)OC(=O)CCCCCCCCCCCCCCCCCCCCC. The van der Waals surface area contributed by atoms with Gasteiger partial charge in [0.1, 0.15) is 19.3 Å². The molecule has 0 spiro atoms. The second-order valence-electron chi connectivity index (χ2n) is 19.6. The molecule has 0 saturated carbocycles. The summed E-state index contributed by atoms with van der Waals surface area (Å²) < 4.78 is 34.8. The maximum Gasteiger partial charge on any atom is 0.306 e. The summed E-state index contributed by atoms with van der Waals surface area (Å²) in [5.41, 5.74) is 0. The van der Waals surface area contributed by atoms with Crippen molar-refractivity contribution in [2.75, 3.05) is 54.1 Å². The Bertz CT molecular complexity index is 1060. The summed E-state index contributed by atoms with van der Waals surface area (Å²) in [6, 6.07) is 0. The number of hydrogen-bond acceptors (Lipinski definition) is 7. The monoisotopic (exact) mass is 912 g/mol. The lowest BCUT2D eigenvalue weighted by Gasteiger charge is -2.28. The lowest BCUT2D eigenvalue weighted by molar-refractivity contribution is -0.870. The zero-order chi connectivity index (χ0) is 46.2. The third kappa shape index (κ3) is 51.8. The molecule has 0 aliphatic rings. The Hall–Kier alpha value is -1.02. The van der Waals surface area contributed by atoms with E-state index in [1.165, 1.54) is 199 Å². The number of esters is 1. The van der Waals surface area contributed by atoms with Gasteiger partial charge in [-0.25, -0.2) is 0 Å². The molecule has 0 radical (unpaired) electrons. The number of carbonyl (C=O) groups excluding carboxylic acids is 1. The lowest BCUT2D eigenvalue weighted by atomic mass is 10.0. The number of phosphoric ester groups is 1. The first-order valence-corrected chi connectivity index (χ1v) is 28.5. The molecule has 0 amide bonds. The van der Waals surface area contributed by atoms with Crippen LogP contribution in [-0.4, -0.2) is 70.7 Å². The molecule has 0 aliphatic heterocycles. The summed E-state index contributed by atoms with van der Waals surface area (Å²) in [6.07, 6.45) is 56.3. The summed E-state index contributed by atoms with van der Waals surface area (Å²) in [4.78, 5) is 25.2. The first-order valence-electron chi connectivity index (χ1n) is 27.1. The number of likely N-dealkylation sites (N-methyl/N-ethyl adjacent to an activating group) is 1. The van der Waals surface area contributed by atoms with Crippen molar-refractivity contribution >= 4 is 13.8 Å². The number of phosphoric acid groups is 1. The standard InChI is InChI=1S/C54H106NO7P/c1-6-8-10-12-14-16-18-20-22-24-26-27-28-30-32-34-36-38-40-42-44-46-49-59-51-53(52-61-63(57,58)60-50-48-55(3,4)5)62-54(56)47-45-43-41-39-37-35-33-31-29-25-23-21-19-17-15-13-11-9-7-2/h18,20,24,26,53H,6-17,19,21-23,25,27-52H2,1-5H3/b20-18-,26-24-. The minimum Gasteiger partial charge on any atom is -0.756 e. The maximum atomic E-state index is 12.8. The van der Waals surface area contributed by atoms with Crippen molar-refractivity contribution < 1.29 is 37.3 Å². The van der Waals surface area contributed by atoms with Crippen molar-refractivity contribution in [3.8, 4) is 0 Å². The van der Waals surface area contributed by atoms with Gasteiger partial charge >= 0.3 is 5.97 Å². The molecule has 0 bridgehead atoms. The minimum absolute atomic E-state index is 0.0281. The van der Waals surface area contributed by atoms with E-state index < -0.39 is 13.9 Å². The number of allylic oxidation sites excluding steroid dienone is 4. The van der Waals surface area contributed by atoms with Crippen LogP contribution in [0.3, 0.4) is 0 Å². The summed E-state index contributed by atoms with van der Waals surface area (Å²) in [5.74, 6) is -0.329. The van der Waals surface area contributed by atoms with Crippen LogP contribution in [0.25, 0.3) is 0 Å². The van der Waals surface area contributed by atoms with Crippen LogP contribution in [0.2, 0.25) is 0 Å². The van der Waals surface area contributed by atoms with E-state index in [0.717, 1.165) is 38.5 Å². The van der Waals surface area contributed by atoms with Crippen LogP contribution in [0.15, 0.2) is 24.3 Å². The van der Waals surface area contributed by atoms with Crippen molar-refractivity contribution in [3.05, 3.63) is 24.3 Å². The first-order chi connectivity index (χ1) is 30.6. The quantitative estimate of drug-likeness (QED) is 0.0197. The predicted octanol–water partition coefficient (Wildman–Crippen LogP) is 16.1. The van der Waals surface area contributed by atoms with Crippen LogP contribution < -0.4 is 4.89 Å². The van der Waals surface area contributed by atoms with Gasteiger partial charge in [0, 0.05) is 13.0 Å². The molecule has 2 atom stereocenters. The largest absolute Gasteiger partial charge is 0.756 e. The van der Waals surface area contributed by atoms with Crippen LogP contribution in [-0.2, 0) is 27.9 Å². The number of hydrogen-bond donors (Lipinski definition) is 0. The van der Waals surface area contributed by atoms with Gasteiger partial charge in [0.25, 0.3) is 7.82 Å². The lowest BCUT2D eigenvalue weighted by Crippen LogP contribution is -2.37. The molecule has 63 heavy (non-hydrogen) atoms. The predicted molar refractivity (Wildman–Crippen MR) is 268 cm³/mol. The normalized spacial score (nSPS) is 13.7. The topological polar surface area (TPSA) is 94.1 Å². The number of unbranched alkanes of at least 4 members (excludes halogenated alkanes) is 33. The fraction of sp³-hybridized carbons (Fsp3) is 0.907. The van der Waals surface area contributed by atoms with E-state index >= 15 is 0 Å². The Morgan fingerprint density at radius 2 is 0.873 bits per heavy atom. The molecule has 0 N–H and O–H groups in total. The van der Waals surface area contributed by atoms with Gasteiger partial charge in [-0.1, -0.05) is 231 Å². The average Bonchev–Trinajstić information content (AvgIpc) is 3.24. The van der Waals surface area contributed by atoms with Crippen LogP contribution in [0.4, 0.5) is 0 Å². The third-order valence-electron chi connectivity index (χ3n) is 12.0. The number of ether oxygens (including phenoxy) is 2. The Morgan fingerprint density at radius 1 is 0.492 bits per heavy atom. The van der Waals surface area contributed by atoms with Crippen molar-refractivity contribution in [2.24, 2.45) is 0 Å². The van der Waals surface area contributed by atoms with E-state index in [0.29, 0.717) is 24.1 Å². The third-order valence-corrected chi connectivity index (χ3v) is 13.0. The molecule has 2 unspecified atom stereocenters. The van der Waals surface area contributed by atoms with E-state index in [1.54, 1.807) is 0 Å². The highest BCUT2D eigenvalue weighted by atomic mass is 31.2. The van der Waals surface area contributed by atoms with Crippen molar-refractivity contribution in [3.63, 3.8) is 0 Å². The summed E-state index contributed by atoms with van der Waals surface area (Å²) in [7, 11) is 1.37. The molecule has 0 aromatic heterocycles. The molecule has 0 aliphatic carbocycles. The number of rotatable bonds is 51. The highest BCUT2D eigenvalue weighted by Crippen LogP contribution is 2.38. The molecule has 0 heterocycles. The Morgan fingerprint density at radius 3 is 1.29 bits per heavy atom. The molecule has 0 saturated heterocycles. The van der Waals surface area contributed by atoms with Gasteiger partial charge in [-0.15, -0.1) is 0 Å². The molecule has 0 aromatic carbocycles. The Kier molecular flexibility index (Phi) is 46.7. The number of quaternary nitrogens is 1. The zero-order valence-electron chi connectivity index (χ0n) is 42.5. The van der Waals surface area contributed by atoms with Crippen molar-refractivity contribution in [1.82, 2.24) is 0 Å². The average molecular weight is 912 g/mol. The molecule has 0 rings (SSSR count). The smallest absolute Gasteiger partial charge is 0.306 e. The number of nitrogens with zero attached hydrogens (tertiary/aromatic N) is 1. The fourth-order valence-electron chi connectivity index (χ4n) is 7.81. The highest BCUT2D eigenvalue weighted by molar-refractivity contribution is 7.45. The molecule has 374 valence electrons. The van der Waals surface area contributed by atoms with E-state index in [1.807, 2.05) is 21.1 Å². The van der Waals surface area contributed by atoms with Crippen LogP contribution in [0, 0.1) is 0 Å². The van der Waals surface area contributed by atoms with Gasteiger partial charge < -0.3 is 27.9 Å². The van der Waals surface area contributed by atoms with Crippen LogP contribution >= 0.6 is 7.82 Å². The Labute approximate surface area is 392 Å². The molecule has 0 aromatic rings. The van der Waals surface area contributed by atoms with Gasteiger partial charge in [-0.2, -0.15) is 0 Å². The summed E-state index contributed by atoms with van der Waals surface area (Å²) in [6.45, 7) is 5.45. The molecule has 0 fully saturated rings. The molecule has 9 heteroatoms. The van der Waals surface area contributed by atoms with Gasteiger partial charge in [0.05, 0.1) is 34.4 Å². The van der Waals surface area contributed by atoms with Gasteiger partial charge in [0.2, 0.25) is 0 Å². The molecular formula is C54H106NO7P. The van der Waals surface area contributed by atoms with E-state index in [-0.39, 0.29) is 25.8 Å². The second-order valence-corrected chi connectivity index (χ2v) is 21.0. The van der Waals surface area contributed by atoms with Gasteiger partial charge in [-0.3, -0.25) is 9.36 Å². The van der Waals surface area contributed by atoms with E-state index in [4.69, 9.17) is 18.5 Å². The highest BCUT2D eigenvalue weighted by Gasteiger charge is 2.20. The van der Waals surface area contributed by atoms with Gasteiger partial charge in [-0.05, 0) is 44.9 Å². The van der Waals surface area contributed by atoms with E-state index in [2.05, 4.69) is 38.2 Å². The van der Waals surface area contributed by atoms with Gasteiger partial charge in [0.15, 0.2) is 0 Å². The van der Waals surface area contributed by atoms with Crippen molar-refractivity contribution in [2.45, 2.75) is 264 Å². The maximum absolute atomic E-state index is 12.8. The Balaban J connectivity index is 4.09. The molecule has 8 nitrogen and oxygen atoms in total.